The van der Waals surface area contributed by atoms with Crippen molar-refractivity contribution in [2.45, 2.75) is 13.5 Å². The van der Waals surface area contributed by atoms with Gasteiger partial charge in [0, 0.05) is 5.02 Å². The molecule has 0 aliphatic carbocycles. The molecule has 6 rings (SSSR count). The van der Waals surface area contributed by atoms with Gasteiger partial charge in [-0.1, -0.05) is 29.8 Å². The van der Waals surface area contributed by atoms with Crippen LogP contribution in [0.4, 0.5) is 0 Å². The Morgan fingerprint density at radius 2 is 1.91 bits per heavy atom. The molecule has 0 radical (unpaired) electrons. The Morgan fingerprint density at radius 3 is 2.76 bits per heavy atom. The maximum absolute atomic E-state index is 6.07. The molecule has 9 heteroatoms. The number of ether oxygens (including phenoxy) is 1. The number of aryl methyl sites for hydroxylation is 1. The summed E-state index contributed by atoms with van der Waals surface area (Å²) in [5, 5.41) is 10.5. The molecule has 8 nitrogen and oxygen atoms in total. The molecule has 0 saturated heterocycles. The molecule has 0 aliphatic rings. The molecular weight excluding hydrogens is 440 g/mol. The lowest BCUT2D eigenvalue weighted by Crippen LogP contribution is -1.98. The molecule has 0 fully saturated rings. The predicted molar refractivity (Wildman–Crippen MR) is 124 cm³/mol. The number of fused-ring (bicyclic) bond motifs is 3. The zero-order valence-corrected chi connectivity index (χ0v) is 18.3. The summed E-state index contributed by atoms with van der Waals surface area (Å²) in [6.07, 6.45) is 3.38. The van der Waals surface area contributed by atoms with E-state index in [0.29, 0.717) is 33.7 Å². The quantitative estimate of drug-likeness (QED) is 0.351. The largest absolute Gasteiger partial charge is 0.486 e. The van der Waals surface area contributed by atoms with Gasteiger partial charge in [0.1, 0.15) is 24.4 Å². The van der Waals surface area contributed by atoms with E-state index in [-0.39, 0.29) is 6.61 Å². The van der Waals surface area contributed by atoms with Gasteiger partial charge in [-0.2, -0.15) is 5.10 Å². The molecule has 0 unspecified atom stereocenters. The number of para-hydroxylation sites is 1. The fraction of sp³-hybridized carbons (Fsp3) is 0.0833. The van der Waals surface area contributed by atoms with Crippen molar-refractivity contribution in [1.82, 2.24) is 29.4 Å². The monoisotopic (exact) mass is 456 g/mol. The number of furan rings is 1. The second-order valence-electron chi connectivity index (χ2n) is 7.54. The molecule has 0 N–H and O–H groups in total. The maximum atomic E-state index is 6.07. The Labute approximate surface area is 193 Å². The minimum Gasteiger partial charge on any atom is -0.486 e. The van der Waals surface area contributed by atoms with Crippen molar-refractivity contribution in [3.8, 4) is 23.0 Å². The molecule has 0 bridgehead atoms. The van der Waals surface area contributed by atoms with Crippen molar-refractivity contribution >= 4 is 28.3 Å². The van der Waals surface area contributed by atoms with E-state index in [4.69, 9.17) is 20.8 Å². The molecule has 0 amide bonds. The van der Waals surface area contributed by atoms with Crippen molar-refractivity contribution in [3.63, 3.8) is 0 Å². The van der Waals surface area contributed by atoms with Crippen LogP contribution in [0.25, 0.3) is 34.0 Å². The van der Waals surface area contributed by atoms with Crippen LogP contribution in [-0.2, 0) is 6.61 Å². The lowest BCUT2D eigenvalue weighted by molar-refractivity contribution is 0.271. The summed E-state index contributed by atoms with van der Waals surface area (Å²) in [5.74, 6) is 2.40. The highest BCUT2D eigenvalue weighted by Crippen LogP contribution is 2.25. The number of hydrogen-bond acceptors (Lipinski definition) is 6. The first-order chi connectivity index (χ1) is 16.2. The first kappa shape index (κ1) is 19.5. The molecule has 4 aromatic heterocycles. The summed E-state index contributed by atoms with van der Waals surface area (Å²) in [5.41, 5.74) is 3.25. The lowest BCUT2D eigenvalue weighted by Gasteiger charge is -2.05. The van der Waals surface area contributed by atoms with Crippen LogP contribution in [0.15, 0.2) is 77.6 Å². The van der Waals surface area contributed by atoms with E-state index >= 15 is 0 Å². The van der Waals surface area contributed by atoms with Crippen molar-refractivity contribution in [2.24, 2.45) is 0 Å². The average molecular weight is 457 g/mol. The van der Waals surface area contributed by atoms with Crippen LogP contribution >= 0.6 is 11.6 Å². The second-order valence-corrected chi connectivity index (χ2v) is 7.95. The summed E-state index contributed by atoms with van der Waals surface area (Å²) >= 11 is 6.07. The Balaban J connectivity index is 1.29. The third kappa shape index (κ3) is 3.50. The van der Waals surface area contributed by atoms with Gasteiger partial charge in [-0.25, -0.2) is 19.2 Å². The van der Waals surface area contributed by atoms with E-state index < -0.39 is 0 Å². The number of halogens is 1. The Hall–Kier alpha value is -4.17. The van der Waals surface area contributed by atoms with Crippen LogP contribution in [0, 0.1) is 6.92 Å². The summed E-state index contributed by atoms with van der Waals surface area (Å²) in [6.45, 7) is 2.22. The zero-order chi connectivity index (χ0) is 22.4. The van der Waals surface area contributed by atoms with Crippen LogP contribution in [0.3, 0.4) is 0 Å². The molecule has 0 aliphatic heterocycles. The van der Waals surface area contributed by atoms with Gasteiger partial charge >= 0.3 is 0 Å². The SMILES string of the molecule is Cc1cc(OCc2ccc(-c3nc4c5cnn(-c6ccccc6)c5ncn4n3)o2)ccc1Cl. The van der Waals surface area contributed by atoms with Crippen molar-refractivity contribution in [1.29, 1.82) is 0 Å². The zero-order valence-electron chi connectivity index (χ0n) is 17.5. The second kappa shape index (κ2) is 7.75. The van der Waals surface area contributed by atoms with Crippen molar-refractivity contribution in [3.05, 3.63) is 89.5 Å². The summed E-state index contributed by atoms with van der Waals surface area (Å²) < 4.78 is 15.2. The third-order valence-electron chi connectivity index (χ3n) is 5.30. The van der Waals surface area contributed by atoms with Crippen LogP contribution in [0.5, 0.6) is 5.75 Å². The first-order valence-corrected chi connectivity index (χ1v) is 10.7. The molecule has 162 valence electrons. The van der Waals surface area contributed by atoms with Gasteiger partial charge in [-0.05, 0) is 55.0 Å². The maximum Gasteiger partial charge on any atom is 0.217 e. The van der Waals surface area contributed by atoms with Crippen LogP contribution in [-0.4, -0.2) is 29.4 Å². The highest BCUT2D eigenvalue weighted by atomic mass is 35.5. The van der Waals surface area contributed by atoms with E-state index in [9.17, 15) is 0 Å². The summed E-state index contributed by atoms with van der Waals surface area (Å²) in [6, 6.07) is 19.1. The van der Waals surface area contributed by atoms with E-state index in [1.807, 2.05) is 67.6 Å². The minimum atomic E-state index is 0.282. The predicted octanol–water partition coefficient (Wildman–Crippen LogP) is 5.26. The highest BCUT2D eigenvalue weighted by Gasteiger charge is 2.16. The van der Waals surface area contributed by atoms with Gasteiger partial charge in [0.2, 0.25) is 5.82 Å². The van der Waals surface area contributed by atoms with E-state index in [2.05, 4.69) is 20.2 Å². The fourth-order valence-electron chi connectivity index (χ4n) is 3.62. The molecular formula is C24H17ClN6O2. The summed E-state index contributed by atoms with van der Waals surface area (Å²) in [4.78, 5) is 9.22. The van der Waals surface area contributed by atoms with Gasteiger partial charge < -0.3 is 9.15 Å². The molecule has 0 saturated carbocycles. The fourth-order valence-corrected chi connectivity index (χ4v) is 3.74. The number of hydrogen-bond donors (Lipinski definition) is 0. The van der Waals surface area contributed by atoms with E-state index in [0.717, 1.165) is 22.4 Å². The lowest BCUT2D eigenvalue weighted by atomic mass is 10.2. The minimum absolute atomic E-state index is 0.282. The van der Waals surface area contributed by atoms with Crippen LogP contribution in [0.2, 0.25) is 5.02 Å². The molecule has 2 aromatic carbocycles. The van der Waals surface area contributed by atoms with Crippen LogP contribution < -0.4 is 4.74 Å². The smallest absolute Gasteiger partial charge is 0.217 e. The van der Waals surface area contributed by atoms with Crippen molar-refractivity contribution < 1.29 is 9.15 Å². The van der Waals surface area contributed by atoms with Crippen molar-refractivity contribution in [2.75, 3.05) is 0 Å². The first-order valence-electron chi connectivity index (χ1n) is 10.3. The molecule has 0 atom stereocenters. The molecule has 0 spiro atoms. The molecule has 4 heterocycles. The average Bonchev–Trinajstić information content (AvgIpc) is 3.57. The van der Waals surface area contributed by atoms with E-state index in [1.54, 1.807) is 21.7 Å². The van der Waals surface area contributed by atoms with E-state index in [1.165, 1.54) is 0 Å². The van der Waals surface area contributed by atoms with Gasteiger partial charge in [0.15, 0.2) is 17.1 Å². The Bertz CT molecular complexity index is 1600. The molecule has 6 aromatic rings. The van der Waals surface area contributed by atoms with Crippen LogP contribution in [0.1, 0.15) is 11.3 Å². The van der Waals surface area contributed by atoms with Gasteiger partial charge in [0.05, 0.1) is 17.3 Å². The number of benzene rings is 2. The topological polar surface area (TPSA) is 83.3 Å². The third-order valence-corrected chi connectivity index (χ3v) is 5.72. The normalized spacial score (nSPS) is 11.5. The Kier molecular flexibility index (Phi) is 4.58. The molecule has 33 heavy (non-hydrogen) atoms. The van der Waals surface area contributed by atoms with Gasteiger partial charge in [-0.3, -0.25) is 0 Å². The highest BCUT2D eigenvalue weighted by molar-refractivity contribution is 6.31. The van der Waals surface area contributed by atoms with Gasteiger partial charge in [-0.15, -0.1) is 5.10 Å². The Morgan fingerprint density at radius 1 is 1.03 bits per heavy atom. The number of aromatic nitrogens is 6. The number of rotatable bonds is 5. The standard InChI is InChI=1S/C24H17ClN6O2/c1-15-11-17(7-9-20(15)25)32-13-18-8-10-21(33-18)22-28-24-19-12-27-31(16-5-3-2-4-6-16)23(19)26-14-30(24)29-22/h2-12,14H,13H2,1H3. The number of nitrogens with zero attached hydrogens (tertiary/aromatic N) is 6. The van der Waals surface area contributed by atoms with Gasteiger partial charge in [0.25, 0.3) is 0 Å². The summed E-state index contributed by atoms with van der Waals surface area (Å²) in [7, 11) is 0.